The van der Waals surface area contributed by atoms with Gasteiger partial charge in [-0.25, -0.2) is 0 Å². The van der Waals surface area contributed by atoms with Crippen LogP contribution in [0.25, 0.3) is 0 Å². The van der Waals surface area contributed by atoms with Crippen molar-refractivity contribution in [3.8, 4) is 0 Å². The van der Waals surface area contributed by atoms with Crippen LogP contribution >= 0.6 is 0 Å². The van der Waals surface area contributed by atoms with Crippen molar-refractivity contribution in [3.63, 3.8) is 0 Å². The highest BCUT2D eigenvalue weighted by Crippen LogP contribution is 2.52. The van der Waals surface area contributed by atoms with Crippen molar-refractivity contribution in [1.82, 2.24) is 10.0 Å². The predicted molar refractivity (Wildman–Crippen MR) is 93.3 cm³/mol. The Labute approximate surface area is 137 Å². The highest BCUT2D eigenvalue weighted by Gasteiger charge is 2.46. The van der Waals surface area contributed by atoms with Crippen molar-refractivity contribution < 1.29 is 4.55 Å². The van der Waals surface area contributed by atoms with Gasteiger partial charge in [-0.15, -0.1) is 4.72 Å². The van der Waals surface area contributed by atoms with Gasteiger partial charge in [0.25, 0.3) is 0 Å². The summed E-state index contributed by atoms with van der Waals surface area (Å²) in [5, 5.41) is 3.49. The Bertz CT molecular complexity index is 520. The lowest BCUT2D eigenvalue weighted by Crippen LogP contribution is -2.46. The van der Waals surface area contributed by atoms with Crippen LogP contribution in [0.2, 0.25) is 0 Å². The molecule has 0 unspecified atom stereocenters. The Morgan fingerprint density at radius 3 is 2.64 bits per heavy atom. The second kappa shape index (κ2) is 6.16. The second-order valence-electron chi connectivity index (χ2n) is 7.77. The minimum atomic E-state index is -0.997. The van der Waals surface area contributed by atoms with Crippen molar-refractivity contribution in [2.75, 3.05) is 19.6 Å². The zero-order valence-electron chi connectivity index (χ0n) is 13.9. The van der Waals surface area contributed by atoms with Crippen LogP contribution in [0, 0.1) is 5.41 Å². The lowest BCUT2D eigenvalue weighted by atomic mass is 9.69. The van der Waals surface area contributed by atoms with Gasteiger partial charge in [0.05, 0.1) is 0 Å². The molecule has 1 aromatic rings. The van der Waals surface area contributed by atoms with Crippen LogP contribution < -0.4 is 10.0 Å². The van der Waals surface area contributed by atoms with Gasteiger partial charge in [-0.2, -0.15) is 0 Å². The molecule has 2 atom stereocenters. The molecular formula is C18H28N2OS. The summed E-state index contributed by atoms with van der Waals surface area (Å²) in [6.07, 6.45) is 3.62. The third-order valence-electron chi connectivity index (χ3n) is 5.29. The maximum atomic E-state index is 12.4. The highest BCUT2D eigenvalue weighted by molar-refractivity contribution is 7.90. The topological polar surface area (TPSA) is 47.1 Å². The molecule has 0 aromatic heterocycles. The molecule has 0 bridgehead atoms. The summed E-state index contributed by atoms with van der Waals surface area (Å²) in [7, 11) is 0. The fourth-order valence-electron chi connectivity index (χ4n) is 4.02. The molecule has 1 aliphatic carbocycles. The predicted octanol–water partition coefficient (Wildman–Crippen LogP) is 2.75. The molecule has 4 heteroatoms. The van der Waals surface area contributed by atoms with E-state index in [-0.39, 0.29) is 4.75 Å². The van der Waals surface area contributed by atoms with Gasteiger partial charge in [-0.05, 0) is 69.7 Å². The number of hydrogen-bond donors (Lipinski definition) is 2. The number of fused-ring (bicyclic) bond motifs is 1. The lowest BCUT2D eigenvalue weighted by molar-refractivity contribution is 0.172. The molecule has 3 rings (SSSR count). The number of rotatable bonds is 3. The van der Waals surface area contributed by atoms with E-state index in [4.69, 9.17) is 0 Å². The Morgan fingerprint density at radius 2 is 1.95 bits per heavy atom. The van der Waals surface area contributed by atoms with E-state index in [2.05, 4.69) is 34.3 Å². The van der Waals surface area contributed by atoms with Crippen LogP contribution in [0.15, 0.2) is 24.3 Å². The Morgan fingerprint density at radius 1 is 1.27 bits per heavy atom. The molecule has 22 heavy (non-hydrogen) atoms. The van der Waals surface area contributed by atoms with E-state index < -0.39 is 11.4 Å². The molecular weight excluding hydrogens is 292 g/mol. The van der Waals surface area contributed by atoms with Crippen molar-refractivity contribution in [2.24, 2.45) is 5.41 Å². The van der Waals surface area contributed by atoms with Gasteiger partial charge < -0.3 is 9.87 Å². The summed E-state index contributed by atoms with van der Waals surface area (Å²) >= 11 is -0.997. The fraction of sp³-hybridized carbons (Fsp3) is 0.667. The third kappa shape index (κ3) is 3.07. The zero-order chi connectivity index (χ0) is 15.8. The van der Waals surface area contributed by atoms with Gasteiger partial charge in [0.15, 0.2) is 0 Å². The number of hydrogen-bond acceptors (Lipinski definition) is 3. The quantitative estimate of drug-likeness (QED) is 0.842. The minimum absolute atomic E-state index is 0.209. The molecule has 3 nitrogen and oxygen atoms in total. The van der Waals surface area contributed by atoms with Crippen molar-refractivity contribution >= 4 is 11.4 Å². The molecule has 2 N–H and O–H groups in total. The van der Waals surface area contributed by atoms with Crippen molar-refractivity contribution in [1.29, 1.82) is 0 Å². The van der Waals surface area contributed by atoms with E-state index in [1.165, 1.54) is 30.4 Å². The monoisotopic (exact) mass is 320 g/mol. The summed E-state index contributed by atoms with van der Waals surface area (Å²) in [6.45, 7) is 9.11. The largest absolute Gasteiger partial charge is 0.598 e. The molecule has 2 aliphatic rings. The Hall–Kier alpha value is -0.550. The Balaban J connectivity index is 1.81. The lowest BCUT2D eigenvalue weighted by Gasteiger charge is -2.40. The summed E-state index contributed by atoms with van der Waals surface area (Å²) in [5.41, 5.74) is 3.32. The molecule has 0 amide bonds. The van der Waals surface area contributed by atoms with Crippen molar-refractivity contribution in [3.05, 3.63) is 35.4 Å². The first-order valence-corrected chi connectivity index (χ1v) is 9.51. The maximum Gasteiger partial charge on any atom is 0.136 e. The molecule has 0 saturated carbocycles. The molecule has 1 saturated heterocycles. The normalized spacial score (nSPS) is 25.2. The Kier molecular flexibility index (Phi) is 4.56. The van der Waals surface area contributed by atoms with E-state index in [1.807, 2.05) is 20.8 Å². The maximum absolute atomic E-state index is 12.4. The number of benzene rings is 1. The first-order chi connectivity index (χ1) is 10.4. The molecule has 1 aromatic carbocycles. The van der Waals surface area contributed by atoms with Gasteiger partial charge in [0.2, 0.25) is 0 Å². The molecule has 1 fully saturated rings. The van der Waals surface area contributed by atoms with Crippen LogP contribution in [-0.2, 0) is 17.8 Å². The van der Waals surface area contributed by atoms with Gasteiger partial charge in [0, 0.05) is 23.8 Å². The highest BCUT2D eigenvalue weighted by atomic mass is 32.2. The van der Waals surface area contributed by atoms with Gasteiger partial charge in [-0.3, -0.25) is 0 Å². The first-order valence-electron chi connectivity index (χ1n) is 8.36. The van der Waals surface area contributed by atoms with E-state index in [0.717, 1.165) is 19.6 Å². The van der Waals surface area contributed by atoms with E-state index >= 15 is 0 Å². The number of nitrogens with one attached hydrogen (secondary N) is 2. The molecule has 0 radical (unpaired) electrons. The van der Waals surface area contributed by atoms with Crippen LogP contribution in [0.5, 0.6) is 0 Å². The van der Waals surface area contributed by atoms with Gasteiger partial charge >= 0.3 is 0 Å². The minimum Gasteiger partial charge on any atom is -0.598 e. The van der Waals surface area contributed by atoms with E-state index in [0.29, 0.717) is 11.3 Å². The SMILES string of the molecule is CC(C)(C)[S@@+]([O-])NC[C@@H]1c2ccccc2CC12CCNCC2. The van der Waals surface area contributed by atoms with Crippen LogP contribution in [-0.4, -0.2) is 28.9 Å². The summed E-state index contributed by atoms with van der Waals surface area (Å²) < 4.78 is 15.5. The summed E-state index contributed by atoms with van der Waals surface area (Å²) in [4.78, 5) is 0. The van der Waals surface area contributed by atoms with Gasteiger partial charge in [-0.1, -0.05) is 24.3 Å². The van der Waals surface area contributed by atoms with Gasteiger partial charge in [0.1, 0.15) is 4.75 Å². The summed E-state index contributed by atoms with van der Waals surface area (Å²) in [6, 6.07) is 8.85. The van der Waals surface area contributed by atoms with Crippen LogP contribution in [0.1, 0.15) is 50.7 Å². The third-order valence-corrected chi connectivity index (χ3v) is 6.83. The smallest absolute Gasteiger partial charge is 0.136 e. The molecule has 1 heterocycles. The zero-order valence-corrected chi connectivity index (χ0v) is 14.8. The average Bonchev–Trinajstić information content (AvgIpc) is 2.77. The molecule has 122 valence electrons. The molecule has 1 aliphatic heterocycles. The van der Waals surface area contributed by atoms with E-state index in [9.17, 15) is 4.55 Å². The standard InChI is InChI=1S/C18H28N2OS/c1-17(2,3)22(21)20-13-16-15-7-5-4-6-14(15)12-18(16)8-10-19-11-9-18/h4-7,16,19-20H,8-13H2,1-3H3/t16-,22-/m1/s1. The van der Waals surface area contributed by atoms with Crippen LogP contribution in [0.3, 0.4) is 0 Å². The first kappa shape index (κ1) is 16.3. The average molecular weight is 321 g/mol. The molecule has 1 spiro atoms. The summed E-state index contributed by atoms with van der Waals surface area (Å²) in [5.74, 6) is 0.483. The number of piperidine rings is 1. The fourth-order valence-corrected chi connectivity index (χ4v) is 4.77. The van der Waals surface area contributed by atoms with Crippen molar-refractivity contribution in [2.45, 2.75) is 50.7 Å². The van der Waals surface area contributed by atoms with E-state index in [1.54, 1.807) is 0 Å². The van der Waals surface area contributed by atoms with Crippen LogP contribution in [0.4, 0.5) is 0 Å². The second-order valence-corrected chi connectivity index (χ2v) is 9.82.